The maximum Gasteiger partial charge on any atom is 0.243 e. The number of nitrogens with one attached hydrogen (secondary N) is 2. The maximum atomic E-state index is 13.3. The minimum atomic E-state index is -3.60. The van der Waals surface area contributed by atoms with E-state index in [1.54, 1.807) is 54.9 Å². The molecular weight excluding hydrogens is 458 g/mol. The fourth-order valence-corrected chi connectivity index (χ4v) is 5.84. The van der Waals surface area contributed by atoms with Gasteiger partial charge in [0.15, 0.2) is 0 Å². The van der Waals surface area contributed by atoms with E-state index in [1.165, 1.54) is 4.31 Å². The van der Waals surface area contributed by atoms with Crippen LogP contribution in [0.1, 0.15) is 25.5 Å². The zero-order valence-corrected chi connectivity index (χ0v) is 20.4. The van der Waals surface area contributed by atoms with Gasteiger partial charge in [0.05, 0.1) is 16.1 Å². The zero-order chi connectivity index (χ0) is 23.3. The molecule has 3 heterocycles. The first-order chi connectivity index (χ1) is 16.0. The molecule has 1 unspecified atom stereocenters. The van der Waals surface area contributed by atoms with Crippen molar-refractivity contribution in [3.63, 3.8) is 0 Å². The fraction of sp³-hybridized carbons (Fsp3) is 0.409. The Morgan fingerprint density at radius 3 is 2.76 bits per heavy atom. The van der Waals surface area contributed by atoms with E-state index < -0.39 is 10.0 Å². The van der Waals surface area contributed by atoms with Crippen LogP contribution >= 0.6 is 11.3 Å². The van der Waals surface area contributed by atoms with Crippen molar-refractivity contribution in [1.29, 1.82) is 0 Å². The third-order valence-electron chi connectivity index (χ3n) is 5.66. The van der Waals surface area contributed by atoms with Gasteiger partial charge in [-0.15, -0.1) is 11.3 Å². The van der Waals surface area contributed by atoms with E-state index >= 15 is 0 Å². The van der Waals surface area contributed by atoms with Crippen molar-refractivity contribution < 1.29 is 8.42 Å². The lowest BCUT2D eigenvalue weighted by molar-refractivity contribution is 0.152. The first-order valence-electron chi connectivity index (χ1n) is 11.0. The average Bonchev–Trinajstić information content (AvgIpc) is 3.33. The monoisotopic (exact) mass is 487 g/mol. The van der Waals surface area contributed by atoms with Gasteiger partial charge in [-0.05, 0) is 56.6 Å². The summed E-state index contributed by atoms with van der Waals surface area (Å²) >= 11 is 1.58. The van der Waals surface area contributed by atoms with Gasteiger partial charge < -0.3 is 10.6 Å². The summed E-state index contributed by atoms with van der Waals surface area (Å²) in [5.74, 6) is 1.18. The third kappa shape index (κ3) is 5.85. The summed E-state index contributed by atoms with van der Waals surface area (Å²) in [5.41, 5.74) is 3.59. The Hall–Kier alpha value is -2.60. The van der Waals surface area contributed by atoms with Crippen LogP contribution in [-0.4, -0.2) is 65.3 Å². The van der Waals surface area contributed by atoms with Crippen LogP contribution in [0.3, 0.4) is 0 Å². The molecule has 176 valence electrons. The van der Waals surface area contributed by atoms with Crippen molar-refractivity contribution in [2.24, 2.45) is 0 Å². The lowest BCUT2D eigenvalue weighted by Crippen LogP contribution is -2.48. The molecule has 1 aliphatic rings. The van der Waals surface area contributed by atoms with Crippen molar-refractivity contribution in [3.8, 4) is 0 Å². The van der Waals surface area contributed by atoms with Crippen LogP contribution in [0.4, 0.5) is 17.5 Å². The van der Waals surface area contributed by atoms with Gasteiger partial charge in [-0.2, -0.15) is 9.29 Å². The number of rotatable bonds is 9. The summed E-state index contributed by atoms with van der Waals surface area (Å²) in [5, 5.41) is 8.30. The van der Waals surface area contributed by atoms with Gasteiger partial charge in [-0.3, -0.25) is 4.90 Å². The van der Waals surface area contributed by atoms with Gasteiger partial charge in [-0.25, -0.2) is 18.4 Å². The van der Waals surface area contributed by atoms with Crippen molar-refractivity contribution in [2.45, 2.75) is 37.2 Å². The van der Waals surface area contributed by atoms with Gasteiger partial charge in [0.1, 0.15) is 5.82 Å². The van der Waals surface area contributed by atoms with Gasteiger partial charge in [0.2, 0.25) is 16.0 Å². The van der Waals surface area contributed by atoms with Crippen molar-refractivity contribution >= 4 is 38.8 Å². The number of piperidine rings is 1. The Morgan fingerprint density at radius 2 is 2.03 bits per heavy atom. The quantitative estimate of drug-likeness (QED) is 0.473. The number of aromatic nitrogens is 3. The van der Waals surface area contributed by atoms with Gasteiger partial charge in [0, 0.05) is 50.0 Å². The summed E-state index contributed by atoms with van der Waals surface area (Å²) in [7, 11) is -1.92. The second-order valence-electron chi connectivity index (χ2n) is 7.98. The highest BCUT2D eigenvalue weighted by molar-refractivity contribution is 7.89. The SMILES string of the molecule is CCNc1ccnc(Nc2ccc(S(=O)(=O)N(C)C3CCCN(Cc4cscn4)C3)cc2)n1. The maximum absolute atomic E-state index is 13.3. The Balaban J connectivity index is 1.41. The molecule has 9 nitrogen and oxygen atoms in total. The minimum absolute atomic E-state index is 0.0672. The summed E-state index contributed by atoms with van der Waals surface area (Å²) in [6.45, 7) is 5.17. The Bertz CT molecular complexity index is 1140. The van der Waals surface area contributed by atoms with Gasteiger partial charge in [0.25, 0.3) is 0 Å². The van der Waals surface area contributed by atoms with Crippen LogP contribution < -0.4 is 10.6 Å². The second kappa shape index (κ2) is 10.6. The molecule has 0 saturated carbocycles. The number of hydrogen-bond acceptors (Lipinski definition) is 9. The minimum Gasteiger partial charge on any atom is -0.370 e. The molecule has 4 rings (SSSR count). The number of anilines is 3. The summed E-state index contributed by atoms with van der Waals surface area (Å²) < 4.78 is 28.1. The lowest BCUT2D eigenvalue weighted by Gasteiger charge is -2.36. The second-order valence-corrected chi connectivity index (χ2v) is 10.7. The standard InChI is InChI=1S/C22H29N7O2S2/c1-3-23-21-10-11-24-22(27-21)26-17-6-8-20(9-7-17)33(30,31)28(2)19-5-4-12-29(14-19)13-18-15-32-16-25-18/h6-11,15-16,19H,3-5,12-14H2,1-2H3,(H2,23,24,26,27). The third-order valence-corrected chi connectivity index (χ3v) is 8.22. The largest absolute Gasteiger partial charge is 0.370 e. The molecule has 0 radical (unpaired) electrons. The van der Waals surface area contributed by atoms with Gasteiger partial charge in [-0.1, -0.05) is 0 Å². The van der Waals surface area contributed by atoms with Crippen LogP contribution in [-0.2, 0) is 16.6 Å². The molecule has 1 saturated heterocycles. The molecule has 0 aliphatic carbocycles. The van der Waals surface area contributed by atoms with Crippen LogP contribution in [0.2, 0.25) is 0 Å². The van der Waals surface area contributed by atoms with E-state index in [1.807, 2.05) is 17.8 Å². The van der Waals surface area contributed by atoms with Crippen molar-refractivity contribution in [1.82, 2.24) is 24.2 Å². The summed E-state index contributed by atoms with van der Waals surface area (Å²) in [6.07, 6.45) is 3.48. The predicted octanol–water partition coefficient (Wildman–Crippen LogP) is 3.39. The summed E-state index contributed by atoms with van der Waals surface area (Å²) in [6, 6.07) is 8.45. The van der Waals surface area contributed by atoms with E-state index in [0.717, 1.165) is 49.7 Å². The number of sulfonamides is 1. The van der Waals surface area contributed by atoms with Crippen molar-refractivity contribution in [3.05, 3.63) is 53.1 Å². The number of hydrogen-bond donors (Lipinski definition) is 2. The fourth-order valence-electron chi connectivity index (χ4n) is 3.92. The molecule has 0 spiro atoms. The molecule has 1 atom stereocenters. The molecular formula is C22H29N7O2S2. The smallest absolute Gasteiger partial charge is 0.243 e. The first kappa shape index (κ1) is 23.6. The van der Waals surface area contributed by atoms with E-state index in [4.69, 9.17) is 0 Å². The summed E-state index contributed by atoms with van der Waals surface area (Å²) in [4.78, 5) is 15.5. The molecule has 33 heavy (non-hydrogen) atoms. The van der Waals surface area contributed by atoms with E-state index in [2.05, 4.69) is 30.5 Å². The molecule has 1 aliphatic heterocycles. The highest BCUT2D eigenvalue weighted by Crippen LogP contribution is 2.25. The molecule has 2 aromatic heterocycles. The number of likely N-dealkylation sites (N-methyl/N-ethyl adjacent to an activating group) is 1. The molecule has 2 N–H and O–H groups in total. The number of thiazole rings is 1. The van der Waals surface area contributed by atoms with Crippen molar-refractivity contribution in [2.75, 3.05) is 37.3 Å². The number of benzene rings is 1. The van der Waals surface area contributed by atoms with E-state index in [-0.39, 0.29) is 10.9 Å². The van der Waals surface area contributed by atoms with E-state index in [9.17, 15) is 8.42 Å². The zero-order valence-electron chi connectivity index (χ0n) is 18.8. The number of nitrogens with zero attached hydrogens (tertiary/aromatic N) is 5. The normalized spacial score (nSPS) is 17.2. The highest BCUT2D eigenvalue weighted by Gasteiger charge is 2.31. The molecule has 0 bridgehead atoms. The van der Waals surface area contributed by atoms with Crippen LogP contribution in [0.15, 0.2) is 52.3 Å². The van der Waals surface area contributed by atoms with Crippen LogP contribution in [0.25, 0.3) is 0 Å². The average molecular weight is 488 g/mol. The Kier molecular flexibility index (Phi) is 7.53. The molecule has 1 fully saturated rings. The predicted molar refractivity (Wildman–Crippen MR) is 131 cm³/mol. The Labute approximate surface area is 199 Å². The lowest BCUT2D eigenvalue weighted by atomic mass is 10.1. The van der Waals surface area contributed by atoms with E-state index in [0.29, 0.717) is 12.5 Å². The molecule has 3 aromatic rings. The number of likely N-dealkylation sites (tertiary alicyclic amines) is 1. The molecule has 1 aromatic carbocycles. The first-order valence-corrected chi connectivity index (χ1v) is 13.4. The topological polar surface area (TPSA) is 103 Å². The van der Waals surface area contributed by atoms with Crippen LogP contribution in [0, 0.1) is 0 Å². The van der Waals surface area contributed by atoms with Gasteiger partial charge >= 0.3 is 0 Å². The van der Waals surface area contributed by atoms with Crippen LogP contribution in [0.5, 0.6) is 0 Å². The molecule has 0 amide bonds. The molecule has 11 heteroatoms. The highest BCUT2D eigenvalue weighted by atomic mass is 32.2. The Morgan fingerprint density at radius 1 is 1.21 bits per heavy atom.